The second-order valence-corrected chi connectivity index (χ2v) is 6.00. The number of piperidine rings is 1. The van der Waals surface area contributed by atoms with Crippen molar-refractivity contribution in [3.63, 3.8) is 0 Å². The molecule has 0 saturated carbocycles. The van der Waals surface area contributed by atoms with Crippen LogP contribution in [0.15, 0.2) is 30.3 Å². The number of benzene rings is 1. The van der Waals surface area contributed by atoms with E-state index in [4.69, 9.17) is 0 Å². The Hall–Kier alpha value is -1.79. The number of likely N-dealkylation sites (tertiary alicyclic amines) is 1. The van der Waals surface area contributed by atoms with Crippen LogP contribution in [0.25, 0.3) is 5.69 Å². The molecule has 2 fully saturated rings. The molecule has 0 aliphatic carbocycles. The minimum absolute atomic E-state index is 0.653. The predicted molar refractivity (Wildman–Crippen MR) is 78.9 cm³/mol. The van der Waals surface area contributed by atoms with Gasteiger partial charge in [-0.25, -0.2) is 0 Å². The van der Waals surface area contributed by atoms with Crippen molar-refractivity contribution in [2.45, 2.75) is 25.4 Å². The molecular formula is C15H20N6. The van der Waals surface area contributed by atoms with E-state index in [0.717, 1.165) is 43.6 Å². The lowest BCUT2D eigenvalue weighted by molar-refractivity contribution is 0.302. The lowest BCUT2D eigenvalue weighted by Crippen LogP contribution is -2.40. The minimum Gasteiger partial charge on any atom is -0.312 e. The molecule has 2 aromatic rings. The molecule has 6 nitrogen and oxygen atoms in total. The first-order valence-electron chi connectivity index (χ1n) is 7.68. The van der Waals surface area contributed by atoms with E-state index in [1.54, 1.807) is 0 Å². The van der Waals surface area contributed by atoms with Crippen LogP contribution >= 0.6 is 0 Å². The summed E-state index contributed by atoms with van der Waals surface area (Å²) in [5, 5.41) is 15.8. The van der Waals surface area contributed by atoms with E-state index in [2.05, 4.69) is 25.7 Å². The van der Waals surface area contributed by atoms with E-state index in [1.165, 1.54) is 12.8 Å². The molecule has 4 rings (SSSR count). The number of aromatic nitrogens is 4. The smallest absolute Gasteiger partial charge is 0.170 e. The van der Waals surface area contributed by atoms with E-state index in [0.29, 0.717) is 6.04 Å². The zero-order valence-electron chi connectivity index (χ0n) is 12.0. The first-order valence-corrected chi connectivity index (χ1v) is 7.68. The summed E-state index contributed by atoms with van der Waals surface area (Å²) in [6.07, 6.45) is 2.65. The lowest BCUT2D eigenvalue weighted by atomic mass is 9.94. The van der Waals surface area contributed by atoms with Crippen LogP contribution in [-0.4, -0.2) is 50.8 Å². The van der Waals surface area contributed by atoms with Crippen molar-refractivity contribution < 1.29 is 0 Å². The van der Waals surface area contributed by atoms with Gasteiger partial charge in [0, 0.05) is 19.1 Å². The monoisotopic (exact) mass is 284 g/mol. The van der Waals surface area contributed by atoms with Gasteiger partial charge in [0.05, 0.1) is 12.2 Å². The fourth-order valence-electron chi connectivity index (χ4n) is 3.54. The van der Waals surface area contributed by atoms with E-state index >= 15 is 0 Å². The summed E-state index contributed by atoms with van der Waals surface area (Å²) in [5.41, 5.74) is 1.02. The van der Waals surface area contributed by atoms with Gasteiger partial charge in [-0.3, -0.25) is 4.90 Å². The molecule has 0 bridgehead atoms. The Kier molecular flexibility index (Phi) is 3.40. The van der Waals surface area contributed by atoms with Crippen LogP contribution < -0.4 is 5.32 Å². The third-order valence-electron chi connectivity index (χ3n) is 4.57. The molecule has 3 heterocycles. The highest BCUT2D eigenvalue weighted by Crippen LogP contribution is 2.25. The standard InChI is InChI=1S/C15H20N6/c1-2-6-13(7-3-1)21-15(17-18-19-21)11-20-9-12-5-4-8-16-14(12)10-20/h1-3,6-7,12,14,16H,4-5,8-11H2. The maximum atomic E-state index is 4.21. The van der Waals surface area contributed by atoms with E-state index in [-0.39, 0.29) is 0 Å². The molecule has 1 N–H and O–H groups in total. The fraction of sp³-hybridized carbons (Fsp3) is 0.533. The summed E-state index contributed by atoms with van der Waals surface area (Å²) in [6, 6.07) is 10.7. The van der Waals surface area contributed by atoms with Gasteiger partial charge >= 0.3 is 0 Å². The second kappa shape index (κ2) is 5.54. The summed E-state index contributed by atoms with van der Waals surface area (Å²) < 4.78 is 1.84. The highest BCUT2D eigenvalue weighted by Gasteiger charge is 2.34. The Morgan fingerprint density at radius 1 is 1.19 bits per heavy atom. The van der Waals surface area contributed by atoms with Gasteiger partial charge in [-0.2, -0.15) is 4.68 Å². The highest BCUT2D eigenvalue weighted by atomic mass is 15.5. The van der Waals surface area contributed by atoms with Gasteiger partial charge in [-0.1, -0.05) is 18.2 Å². The van der Waals surface area contributed by atoms with Crippen LogP contribution in [0.1, 0.15) is 18.7 Å². The fourth-order valence-corrected chi connectivity index (χ4v) is 3.54. The first-order chi connectivity index (χ1) is 10.4. The molecule has 1 aromatic heterocycles. The van der Waals surface area contributed by atoms with Crippen LogP contribution in [0.4, 0.5) is 0 Å². The van der Waals surface area contributed by atoms with Gasteiger partial charge < -0.3 is 5.32 Å². The molecule has 2 atom stereocenters. The molecule has 0 spiro atoms. The zero-order chi connectivity index (χ0) is 14.1. The van der Waals surface area contributed by atoms with E-state index in [1.807, 2.05) is 35.0 Å². The van der Waals surface area contributed by atoms with Gasteiger partial charge in [0.15, 0.2) is 5.82 Å². The molecule has 2 aliphatic rings. The molecule has 0 radical (unpaired) electrons. The van der Waals surface area contributed by atoms with Crippen molar-refractivity contribution in [1.82, 2.24) is 30.4 Å². The number of fused-ring (bicyclic) bond motifs is 1. The Morgan fingerprint density at radius 3 is 2.95 bits per heavy atom. The van der Waals surface area contributed by atoms with Crippen LogP contribution in [0.2, 0.25) is 0 Å². The predicted octanol–water partition coefficient (Wildman–Crippen LogP) is 0.846. The average Bonchev–Trinajstić information content (AvgIpc) is 3.14. The first kappa shape index (κ1) is 12.9. The number of hydrogen-bond donors (Lipinski definition) is 1. The third kappa shape index (κ3) is 2.56. The molecule has 2 unspecified atom stereocenters. The van der Waals surface area contributed by atoms with Gasteiger partial charge in [0.25, 0.3) is 0 Å². The van der Waals surface area contributed by atoms with Crippen molar-refractivity contribution in [1.29, 1.82) is 0 Å². The van der Waals surface area contributed by atoms with Crippen molar-refractivity contribution in [3.05, 3.63) is 36.2 Å². The van der Waals surface area contributed by atoms with Gasteiger partial charge in [0.1, 0.15) is 0 Å². The molecule has 0 amide bonds. The van der Waals surface area contributed by atoms with Crippen molar-refractivity contribution in [3.8, 4) is 5.69 Å². The van der Waals surface area contributed by atoms with Gasteiger partial charge in [-0.15, -0.1) is 5.10 Å². The van der Waals surface area contributed by atoms with Crippen LogP contribution in [0, 0.1) is 5.92 Å². The number of nitrogens with zero attached hydrogens (tertiary/aromatic N) is 5. The number of para-hydroxylation sites is 1. The number of hydrogen-bond acceptors (Lipinski definition) is 5. The Morgan fingerprint density at radius 2 is 2.10 bits per heavy atom. The summed E-state index contributed by atoms with van der Waals surface area (Å²) in [7, 11) is 0. The van der Waals surface area contributed by atoms with Crippen molar-refractivity contribution in [2.24, 2.45) is 5.92 Å². The van der Waals surface area contributed by atoms with E-state index in [9.17, 15) is 0 Å². The Labute approximate surface area is 124 Å². The lowest BCUT2D eigenvalue weighted by Gasteiger charge is -2.24. The van der Waals surface area contributed by atoms with Crippen molar-refractivity contribution >= 4 is 0 Å². The third-order valence-corrected chi connectivity index (χ3v) is 4.57. The summed E-state index contributed by atoms with van der Waals surface area (Å²) in [4.78, 5) is 2.47. The minimum atomic E-state index is 0.653. The highest BCUT2D eigenvalue weighted by molar-refractivity contribution is 5.30. The second-order valence-electron chi connectivity index (χ2n) is 6.00. The quantitative estimate of drug-likeness (QED) is 0.905. The van der Waals surface area contributed by atoms with Gasteiger partial charge in [-0.05, 0) is 47.9 Å². The number of rotatable bonds is 3. The van der Waals surface area contributed by atoms with Crippen LogP contribution in [0.5, 0.6) is 0 Å². The average molecular weight is 284 g/mol. The normalized spacial score (nSPS) is 25.9. The molecule has 1 aromatic carbocycles. The van der Waals surface area contributed by atoms with Crippen LogP contribution in [0.3, 0.4) is 0 Å². The summed E-state index contributed by atoms with van der Waals surface area (Å²) in [5.74, 6) is 1.71. The number of nitrogens with one attached hydrogen (secondary N) is 1. The van der Waals surface area contributed by atoms with Crippen LogP contribution in [-0.2, 0) is 6.54 Å². The Balaban J connectivity index is 1.50. The number of tetrazole rings is 1. The molecule has 6 heteroatoms. The largest absolute Gasteiger partial charge is 0.312 e. The van der Waals surface area contributed by atoms with E-state index < -0.39 is 0 Å². The maximum Gasteiger partial charge on any atom is 0.170 e. The van der Waals surface area contributed by atoms with Crippen molar-refractivity contribution in [2.75, 3.05) is 19.6 Å². The molecule has 2 saturated heterocycles. The molecule has 21 heavy (non-hydrogen) atoms. The van der Waals surface area contributed by atoms with Gasteiger partial charge in [0.2, 0.25) is 0 Å². The molecule has 2 aliphatic heterocycles. The Bertz CT molecular complexity index is 581. The molecule has 110 valence electrons. The SMILES string of the molecule is c1ccc(-n2nnnc2CN2CC3CCCNC3C2)cc1. The topological polar surface area (TPSA) is 58.9 Å². The summed E-state index contributed by atoms with van der Waals surface area (Å²) in [6.45, 7) is 4.24. The maximum absolute atomic E-state index is 4.21. The summed E-state index contributed by atoms with van der Waals surface area (Å²) >= 11 is 0. The molecular weight excluding hydrogens is 264 g/mol. The zero-order valence-corrected chi connectivity index (χ0v) is 12.0.